The van der Waals surface area contributed by atoms with E-state index < -0.39 is 11.4 Å². The first-order chi connectivity index (χ1) is 7.81. The van der Waals surface area contributed by atoms with Crippen LogP contribution >= 0.6 is 0 Å². The normalized spacial score (nSPS) is 22.3. The Balaban J connectivity index is 2.25. The van der Waals surface area contributed by atoms with Gasteiger partial charge >= 0.3 is 5.97 Å². The van der Waals surface area contributed by atoms with E-state index in [0.717, 1.165) is 12.5 Å². The molecule has 0 amide bonds. The Kier molecular flexibility index (Phi) is 4.95. The zero-order valence-corrected chi connectivity index (χ0v) is 11.6. The second-order valence-electron chi connectivity index (χ2n) is 6.13. The average Bonchev–Trinajstić information content (AvgIpc) is 2.60. The van der Waals surface area contributed by atoms with Crippen molar-refractivity contribution >= 4 is 5.97 Å². The molecule has 1 N–H and O–H groups in total. The summed E-state index contributed by atoms with van der Waals surface area (Å²) in [6.07, 6.45) is 2.46. The predicted octanol–water partition coefficient (Wildman–Crippen LogP) is 1.37. The standard InChI is InChI=1S/C13H26N2O2/c1-13(2,12(16)17)10-15(4)8-6-11-5-7-14(3)9-11/h11H,5-10H2,1-4H3,(H,16,17). The first kappa shape index (κ1) is 14.5. The van der Waals surface area contributed by atoms with E-state index >= 15 is 0 Å². The number of hydrogen-bond donors (Lipinski definition) is 1. The molecule has 1 aliphatic heterocycles. The van der Waals surface area contributed by atoms with Crippen LogP contribution in [0.25, 0.3) is 0 Å². The van der Waals surface area contributed by atoms with Crippen LogP contribution in [0.4, 0.5) is 0 Å². The van der Waals surface area contributed by atoms with Gasteiger partial charge in [-0.2, -0.15) is 0 Å². The van der Waals surface area contributed by atoms with E-state index in [2.05, 4.69) is 16.8 Å². The lowest BCUT2D eigenvalue weighted by atomic mass is 9.93. The van der Waals surface area contributed by atoms with Crippen LogP contribution in [0.1, 0.15) is 26.7 Å². The quantitative estimate of drug-likeness (QED) is 0.764. The number of aliphatic carboxylic acids is 1. The van der Waals surface area contributed by atoms with Crippen LogP contribution in [0.2, 0.25) is 0 Å². The summed E-state index contributed by atoms with van der Waals surface area (Å²) in [5.41, 5.74) is -0.652. The van der Waals surface area contributed by atoms with Crippen LogP contribution in [0, 0.1) is 11.3 Å². The van der Waals surface area contributed by atoms with E-state index in [0.29, 0.717) is 6.54 Å². The molecular weight excluding hydrogens is 216 g/mol. The molecule has 1 saturated heterocycles. The molecule has 0 bridgehead atoms. The summed E-state index contributed by atoms with van der Waals surface area (Å²) in [4.78, 5) is 15.5. The molecule has 1 unspecified atom stereocenters. The van der Waals surface area contributed by atoms with Gasteiger partial charge in [0.05, 0.1) is 5.41 Å². The van der Waals surface area contributed by atoms with Crippen molar-refractivity contribution in [2.24, 2.45) is 11.3 Å². The molecule has 17 heavy (non-hydrogen) atoms. The van der Waals surface area contributed by atoms with Crippen molar-refractivity contribution in [1.29, 1.82) is 0 Å². The summed E-state index contributed by atoms with van der Waals surface area (Å²) in [5, 5.41) is 9.07. The molecule has 1 rings (SSSR count). The number of carbonyl (C=O) groups is 1. The lowest BCUT2D eigenvalue weighted by Crippen LogP contribution is -2.38. The van der Waals surface area contributed by atoms with Crippen molar-refractivity contribution in [3.63, 3.8) is 0 Å². The maximum Gasteiger partial charge on any atom is 0.310 e. The Labute approximate surface area is 105 Å². The van der Waals surface area contributed by atoms with Crippen molar-refractivity contribution < 1.29 is 9.90 Å². The van der Waals surface area contributed by atoms with Crippen molar-refractivity contribution in [1.82, 2.24) is 9.80 Å². The largest absolute Gasteiger partial charge is 0.481 e. The Bertz CT molecular complexity index is 266. The Morgan fingerprint density at radius 3 is 2.65 bits per heavy atom. The molecule has 0 aromatic rings. The molecule has 0 aliphatic carbocycles. The Morgan fingerprint density at radius 2 is 2.18 bits per heavy atom. The Hall–Kier alpha value is -0.610. The SMILES string of the molecule is CN1CCC(CCN(C)CC(C)(C)C(=O)O)C1. The number of carboxylic acids is 1. The molecule has 1 atom stereocenters. The zero-order chi connectivity index (χ0) is 13.1. The minimum Gasteiger partial charge on any atom is -0.481 e. The molecule has 4 heteroatoms. The molecule has 0 spiro atoms. The highest BCUT2D eigenvalue weighted by Crippen LogP contribution is 2.20. The summed E-state index contributed by atoms with van der Waals surface area (Å²) < 4.78 is 0. The highest BCUT2D eigenvalue weighted by molar-refractivity contribution is 5.73. The fraction of sp³-hybridized carbons (Fsp3) is 0.923. The molecule has 1 fully saturated rings. The van der Waals surface area contributed by atoms with Gasteiger partial charge in [-0.1, -0.05) is 0 Å². The van der Waals surface area contributed by atoms with Gasteiger partial charge in [0.15, 0.2) is 0 Å². The third-order valence-electron chi connectivity index (χ3n) is 3.65. The van der Waals surface area contributed by atoms with E-state index in [1.54, 1.807) is 13.8 Å². The highest BCUT2D eigenvalue weighted by atomic mass is 16.4. The van der Waals surface area contributed by atoms with Crippen molar-refractivity contribution in [3.05, 3.63) is 0 Å². The fourth-order valence-electron chi connectivity index (χ4n) is 2.49. The van der Waals surface area contributed by atoms with E-state index in [4.69, 9.17) is 5.11 Å². The first-order valence-corrected chi connectivity index (χ1v) is 6.42. The van der Waals surface area contributed by atoms with Gasteiger partial charge in [0.2, 0.25) is 0 Å². The molecular formula is C13H26N2O2. The second-order valence-corrected chi connectivity index (χ2v) is 6.13. The Morgan fingerprint density at radius 1 is 1.53 bits per heavy atom. The van der Waals surface area contributed by atoms with E-state index in [-0.39, 0.29) is 0 Å². The first-order valence-electron chi connectivity index (χ1n) is 6.42. The van der Waals surface area contributed by atoms with E-state index in [9.17, 15) is 4.79 Å². The number of nitrogens with zero attached hydrogens (tertiary/aromatic N) is 2. The van der Waals surface area contributed by atoms with Gasteiger partial charge in [0.25, 0.3) is 0 Å². The molecule has 0 saturated carbocycles. The summed E-state index contributed by atoms with van der Waals surface area (Å²) in [6.45, 7) is 7.58. The number of rotatable bonds is 6. The molecule has 1 heterocycles. The van der Waals surface area contributed by atoms with Gasteiger partial charge in [-0.05, 0) is 59.8 Å². The molecule has 100 valence electrons. The molecule has 4 nitrogen and oxygen atoms in total. The van der Waals surface area contributed by atoms with Crippen LogP contribution in [-0.2, 0) is 4.79 Å². The van der Waals surface area contributed by atoms with Crippen LogP contribution in [0.15, 0.2) is 0 Å². The topological polar surface area (TPSA) is 43.8 Å². The van der Waals surface area contributed by atoms with E-state index in [1.165, 1.54) is 25.9 Å². The van der Waals surface area contributed by atoms with E-state index in [1.807, 2.05) is 7.05 Å². The van der Waals surface area contributed by atoms with Crippen molar-refractivity contribution in [2.45, 2.75) is 26.7 Å². The monoisotopic (exact) mass is 242 g/mol. The molecule has 1 aliphatic rings. The maximum absolute atomic E-state index is 11.0. The average molecular weight is 242 g/mol. The number of hydrogen-bond acceptors (Lipinski definition) is 3. The third-order valence-corrected chi connectivity index (χ3v) is 3.65. The van der Waals surface area contributed by atoms with Gasteiger partial charge in [0, 0.05) is 13.1 Å². The van der Waals surface area contributed by atoms with Crippen molar-refractivity contribution in [2.75, 3.05) is 40.3 Å². The fourth-order valence-corrected chi connectivity index (χ4v) is 2.49. The van der Waals surface area contributed by atoms with Crippen LogP contribution < -0.4 is 0 Å². The maximum atomic E-state index is 11.0. The predicted molar refractivity (Wildman–Crippen MR) is 69.1 cm³/mol. The smallest absolute Gasteiger partial charge is 0.310 e. The number of likely N-dealkylation sites (tertiary alicyclic amines) is 1. The van der Waals surface area contributed by atoms with Gasteiger partial charge in [0.1, 0.15) is 0 Å². The molecule has 0 aromatic carbocycles. The second kappa shape index (κ2) is 5.83. The van der Waals surface area contributed by atoms with Gasteiger partial charge in [-0.3, -0.25) is 4.79 Å². The molecule has 0 radical (unpaired) electrons. The van der Waals surface area contributed by atoms with Crippen LogP contribution in [-0.4, -0.2) is 61.2 Å². The van der Waals surface area contributed by atoms with Crippen LogP contribution in [0.3, 0.4) is 0 Å². The summed E-state index contributed by atoms with van der Waals surface area (Å²) >= 11 is 0. The summed E-state index contributed by atoms with van der Waals surface area (Å²) in [6, 6.07) is 0. The van der Waals surface area contributed by atoms with Crippen LogP contribution in [0.5, 0.6) is 0 Å². The minimum atomic E-state index is -0.718. The minimum absolute atomic E-state index is 0.616. The lowest BCUT2D eigenvalue weighted by molar-refractivity contribution is -0.147. The third kappa shape index (κ3) is 4.64. The summed E-state index contributed by atoms with van der Waals surface area (Å²) in [7, 11) is 4.18. The highest BCUT2D eigenvalue weighted by Gasteiger charge is 2.29. The van der Waals surface area contributed by atoms with Crippen molar-refractivity contribution in [3.8, 4) is 0 Å². The van der Waals surface area contributed by atoms with Gasteiger partial charge in [-0.25, -0.2) is 0 Å². The summed E-state index contributed by atoms with van der Waals surface area (Å²) in [5.74, 6) is 0.0698. The molecule has 0 aromatic heterocycles. The lowest BCUT2D eigenvalue weighted by Gasteiger charge is -2.27. The zero-order valence-electron chi connectivity index (χ0n) is 11.6. The number of carboxylic acid groups (broad SMARTS) is 1. The van der Waals surface area contributed by atoms with Gasteiger partial charge < -0.3 is 14.9 Å². The van der Waals surface area contributed by atoms with Gasteiger partial charge in [-0.15, -0.1) is 0 Å².